The van der Waals surface area contributed by atoms with Gasteiger partial charge in [-0.25, -0.2) is 0 Å². The van der Waals surface area contributed by atoms with Crippen molar-refractivity contribution in [3.63, 3.8) is 0 Å². The van der Waals surface area contributed by atoms with E-state index in [0.29, 0.717) is 11.5 Å². The van der Waals surface area contributed by atoms with E-state index in [0.717, 1.165) is 19.7 Å². The number of rotatable bonds is 6. The van der Waals surface area contributed by atoms with Crippen LogP contribution in [0.15, 0.2) is 0 Å². The van der Waals surface area contributed by atoms with Gasteiger partial charge in [0, 0.05) is 19.7 Å². The van der Waals surface area contributed by atoms with Gasteiger partial charge in [-0.1, -0.05) is 12.8 Å². The van der Waals surface area contributed by atoms with E-state index in [1.807, 2.05) is 0 Å². The predicted molar refractivity (Wildman–Crippen MR) is 63.9 cm³/mol. The fourth-order valence-corrected chi connectivity index (χ4v) is 2.61. The summed E-state index contributed by atoms with van der Waals surface area (Å²) in [6.07, 6.45) is 5.30. The van der Waals surface area contributed by atoms with Crippen molar-refractivity contribution in [3.8, 4) is 0 Å². The molecule has 1 aliphatic rings. The lowest BCUT2D eigenvalue weighted by Crippen LogP contribution is -2.44. The maximum absolute atomic E-state index is 5.93. The minimum absolute atomic E-state index is 0.386. The van der Waals surface area contributed by atoms with Crippen LogP contribution in [-0.2, 0) is 4.74 Å². The molecule has 0 bridgehead atoms. The van der Waals surface area contributed by atoms with E-state index in [9.17, 15) is 0 Å². The van der Waals surface area contributed by atoms with Crippen LogP contribution >= 0.6 is 0 Å². The zero-order valence-electron chi connectivity index (χ0n) is 10.5. The monoisotopic (exact) mass is 214 g/mol. The largest absolute Gasteiger partial charge is 0.383 e. The topological polar surface area (TPSA) is 38.5 Å². The van der Waals surface area contributed by atoms with Gasteiger partial charge in [0.05, 0.1) is 6.61 Å². The van der Waals surface area contributed by atoms with Crippen LogP contribution in [0.2, 0.25) is 0 Å². The third-order valence-electron chi connectivity index (χ3n) is 3.84. The summed E-state index contributed by atoms with van der Waals surface area (Å²) in [5, 5.41) is 0. The van der Waals surface area contributed by atoms with Crippen molar-refractivity contribution in [2.75, 3.05) is 33.9 Å². The molecule has 0 aliphatic heterocycles. The summed E-state index contributed by atoms with van der Waals surface area (Å²) in [5.41, 5.74) is 6.32. The van der Waals surface area contributed by atoms with Crippen molar-refractivity contribution < 1.29 is 4.74 Å². The summed E-state index contributed by atoms with van der Waals surface area (Å²) in [6, 6.07) is 0.485. The molecule has 0 aromatic rings. The van der Waals surface area contributed by atoms with E-state index >= 15 is 0 Å². The number of nitrogens with zero attached hydrogens (tertiary/aromatic N) is 1. The molecule has 2 N–H and O–H groups in total. The van der Waals surface area contributed by atoms with Crippen molar-refractivity contribution in [2.45, 2.75) is 38.6 Å². The van der Waals surface area contributed by atoms with Crippen LogP contribution in [-0.4, -0.2) is 44.8 Å². The third-order valence-corrected chi connectivity index (χ3v) is 3.84. The third kappa shape index (κ3) is 3.44. The van der Waals surface area contributed by atoms with Crippen molar-refractivity contribution in [1.29, 1.82) is 0 Å². The Balaban J connectivity index is 2.43. The Bertz CT molecular complexity index is 178. The van der Waals surface area contributed by atoms with Gasteiger partial charge in [0.1, 0.15) is 0 Å². The highest BCUT2D eigenvalue weighted by molar-refractivity contribution is 4.88. The van der Waals surface area contributed by atoms with Gasteiger partial charge in [0.2, 0.25) is 0 Å². The summed E-state index contributed by atoms with van der Waals surface area (Å²) in [6.45, 7) is 4.96. The average molecular weight is 214 g/mol. The number of nitrogens with two attached hydrogens (primary N) is 1. The van der Waals surface area contributed by atoms with E-state index in [1.165, 1.54) is 25.7 Å². The first-order valence-corrected chi connectivity index (χ1v) is 6.03. The second kappa shape index (κ2) is 5.83. The van der Waals surface area contributed by atoms with Crippen LogP contribution in [0, 0.1) is 5.41 Å². The van der Waals surface area contributed by atoms with Gasteiger partial charge in [0.25, 0.3) is 0 Å². The zero-order valence-corrected chi connectivity index (χ0v) is 10.5. The average Bonchev–Trinajstić information content (AvgIpc) is 2.67. The highest BCUT2D eigenvalue weighted by atomic mass is 16.5. The van der Waals surface area contributed by atoms with Gasteiger partial charge >= 0.3 is 0 Å². The molecule has 1 aliphatic carbocycles. The standard InChI is InChI=1S/C12H26N2O/c1-11(8-15-3)14(2)10-12(9-13)6-4-5-7-12/h11H,4-10,13H2,1-3H3. The summed E-state index contributed by atoms with van der Waals surface area (Å²) in [4.78, 5) is 2.39. The van der Waals surface area contributed by atoms with Crippen molar-refractivity contribution in [1.82, 2.24) is 4.90 Å². The molecule has 0 heterocycles. The normalized spacial score (nSPS) is 22.2. The molecule has 1 rings (SSSR count). The Morgan fingerprint density at radius 2 is 2.00 bits per heavy atom. The van der Waals surface area contributed by atoms with E-state index in [2.05, 4.69) is 18.9 Å². The lowest BCUT2D eigenvalue weighted by Gasteiger charge is -2.35. The first kappa shape index (κ1) is 12.9. The first-order valence-electron chi connectivity index (χ1n) is 6.03. The van der Waals surface area contributed by atoms with Crippen LogP contribution in [0.4, 0.5) is 0 Å². The molecule has 0 aromatic carbocycles. The molecule has 1 saturated carbocycles. The molecule has 3 nitrogen and oxygen atoms in total. The number of methoxy groups -OCH3 is 1. The molecular formula is C12H26N2O. The van der Waals surface area contributed by atoms with Crippen molar-refractivity contribution in [3.05, 3.63) is 0 Å². The van der Waals surface area contributed by atoms with Gasteiger partial charge in [-0.15, -0.1) is 0 Å². The molecule has 0 saturated heterocycles. The van der Waals surface area contributed by atoms with Gasteiger partial charge < -0.3 is 15.4 Å². The minimum atomic E-state index is 0.386. The molecule has 1 unspecified atom stereocenters. The Morgan fingerprint density at radius 1 is 1.40 bits per heavy atom. The molecule has 0 aromatic heterocycles. The Labute approximate surface area is 94.0 Å². The molecule has 3 heteroatoms. The predicted octanol–water partition coefficient (Wildman–Crippen LogP) is 1.47. The molecule has 0 radical (unpaired) electrons. The van der Waals surface area contributed by atoms with Crippen LogP contribution in [0.5, 0.6) is 0 Å². The Kier molecular flexibility index (Phi) is 5.03. The number of likely N-dealkylation sites (N-methyl/N-ethyl adjacent to an activating group) is 1. The quantitative estimate of drug-likeness (QED) is 0.728. The highest BCUT2D eigenvalue weighted by Gasteiger charge is 2.34. The van der Waals surface area contributed by atoms with Gasteiger partial charge in [0.15, 0.2) is 0 Å². The molecule has 1 atom stereocenters. The fourth-order valence-electron chi connectivity index (χ4n) is 2.61. The maximum atomic E-state index is 5.93. The first-order chi connectivity index (χ1) is 7.13. The molecular weight excluding hydrogens is 188 g/mol. The lowest BCUT2D eigenvalue weighted by atomic mass is 9.85. The van der Waals surface area contributed by atoms with Crippen molar-refractivity contribution in [2.24, 2.45) is 11.1 Å². The molecule has 15 heavy (non-hydrogen) atoms. The van der Waals surface area contributed by atoms with E-state index in [4.69, 9.17) is 10.5 Å². The summed E-state index contributed by atoms with van der Waals surface area (Å²) in [5.74, 6) is 0. The zero-order chi connectivity index (χ0) is 11.3. The van der Waals surface area contributed by atoms with Crippen molar-refractivity contribution >= 4 is 0 Å². The summed E-state index contributed by atoms with van der Waals surface area (Å²) in [7, 11) is 3.94. The lowest BCUT2D eigenvalue weighted by molar-refractivity contribution is 0.0841. The van der Waals surface area contributed by atoms with Crippen LogP contribution in [0.1, 0.15) is 32.6 Å². The van der Waals surface area contributed by atoms with Gasteiger partial charge in [-0.2, -0.15) is 0 Å². The Morgan fingerprint density at radius 3 is 2.47 bits per heavy atom. The van der Waals surface area contributed by atoms with E-state index < -0.39 is 0 Å². The summed E-state index contributed by atoms with van der Waals surface area (Å²) < 4.78 is 5.18. The second-order valence-electron chi connectivity index (χ2n) is 5.13. The minimum Gasteiger partial charge on any atom is -0.383 e. The smallest absolute Gasteiger partial charge is 0.0615 e. The van der Waals surface area contributed by atoms with Crippen LogP contribution in [0.3, 0.4) is 0 Å². The van der Waals surface area contributed by atoms with Crippen LogP contribution in [0.25, 0.3) is 0 Å². The molecule has 0 spiro atoms. The van der Waals surface area contributed by atoms with Gasteiger partial charge in [-0.3, -0.25) is 0 Å². The molecule has 1 fully saturated rings. The molecule has 0 amide bonds. The number of hydrogen-bond acceptors (Lipinski definition) is 3. The van der Waals surface area contributed by atoms with Crippen LogP contribution < -0.4 is 5.73 Å². The maximum Gasteiger partial charge on any atom is 0.0615 e. The van der Waals surface area contributed by atoms with Gasteiger partial charge in [-0.05, 0) is 38.8 Å². The highest BCUT2D eigenvalue weighted by Crippen LogP contribution is 2.37. The Hall–Kier alpha value is -0.120. The second-order valence-corrected chi connectivity index (χ2v) is 5.13. The number of ether oxygens (including phenoxy) is 1. The SMILES string of the molecule is COCC(C)N(C)CC1(CN)CCCC1. The molecule has 90 valence electrons. The number of hydrogen-bond donors (Lipinski definition) is 1. The van der Waals surface area contributed by atoms with E-state index in [-0.39, 0.29) is 0 Å². The fraction of sp³-hybridized carbons (Fsp3) is 1.00. The van der Waals surface area contributed by atoms with E-state index in [1.54, 1.807) is 7.11 Å². The summed E-state index contributed by atoms with van der Waals surface area (Å²) >= 11 is 0.